The molecule has 0 aliphatic carbocycles. The molecule has 4 amide bonds. The number of hydrogen-bond donors (Lipinski definition) is 2. The second kappa shape index (κ2) is 11.2. The smallest absolute Gasteiger partial charge is 0.250 e. The lowest BCUT2D eigenvalue weighted by atomic mass is 10.1. The van der Waals surface area contributed by atoms with E-state index in [1.165, 1.54) is 4.90 Å². The molecule has 8 nitrogen and oxygen atoms in total. The number of rotatable bonds is 11. The van der Waals surface area contributed by atoms with E-state index in [4.69, 9.17) is 4.74 Å². The summed E-state index contributed by atoms with van der Waals surface area (Å²) >= 11 is 0. The number of β-lactam (4-membered cyclic amide) rings is 1. The zero-order valence-electron chi connectivity index (χ0n) is 16.2. The van der Waals surface area contributed by atoms with Crippen LogP contribution >= 0.6 is 0 Å². The molecule has 2 N–H and O–H groups in total. The molecule has 0 saturated carbocycles. The number of imide groups is 1. The van der Waals surface area contributed by atoms with Gasteiger partial charge in [0.2, 0.25) is 23.6 Å². The van der Waals surface area contributed by atoms with Crippen LogP contribution in [0.1, 0.15) is 38.2 Å². The number of anilines is 1. The van der Waals surface area contributed by atoms with E-state index in [2.05, 4.69) is 10.6 Å². The van der Waals surface area contributed by atoms with Gasteiger partial charge in [-0.3, -0.25) is 24.1 Å². The third-order valence-corrected chi connectivity index (χ3v) is 4.34. The quantitative estimate of drug-likeness (QED) is 0.438. The standard InChI is InChI=1S/C20H27N3O5/c1-2-3-11-21-17(24)13-28-14-18(25)22-16-7-4-15(5-8-16)6-9-19(26)23-12-10-20(23)27/h4-5,7-8H,2-3,6,9-14H2,1H3,(H,21,24)(H,22,25). The number of likely N-dealkylation sites (tertiary alicyclic amines) is 1. The van der Waals surface area contributed by atoms with Crippen LogP contribution in [-0.4, -0.2) is 54.8 Å². The van der Waals surface area contributed by atoms with Gasteiger partial charge in [0, 0.05) is 31.6 Å². The minimum atomic E-state index is -0.347. The lowest BCUT2D eigenvalue weighted by Gasteiger charge is -2.28. The second-order valence-corrected chi connectivity index (χ2v) is 6.63. The van der Waals surface area contributed by atoms with Gasteiger partial charge in [0.15, 0.2) is 0 Å². The Hall–Kier alpha value is -2.74. The summed E-state index contributed by atoms with van der Waals surface area (Å²) in [6.45, 7) is 2.81. The molecule has 0 radical (unpaired) electrons. The van der Waals surface area contributed by atoms with Crippen LogP contribution in [0.25, 0.3) is 0 Å². The third-order valence-electron chi connectivity index (χ3n) is 4.34. The van der Waals surface area contributed by atoms with Crippen LogP contribution in [0.2, 0.25) is 0 Å². The molecule has 1 aromatic carbocycles. The average molecular weight is 389 g/mol. The van der Waals surface area contributed by atoms with Gasteiger partial charge in [0.1, 0.15) is 13.2 Å². The molecule has 0 aromatic heterocycles. The molecule has 1 aliphatic rings. The van der Waals surface area contributed by atoms with Gasteiger partial charge in [-0.05, 0) is 30.5 Å². The highest BCUT2D eigenvalue weighted by atomic mass is 16.5. The van der Waals surface area contributed by atoms with Gasteiger partial charge in [0.25, 0.3) is 0 Å². The molecular weight excluding hydrogens is 362 g/mol. The molecule has 152 valence electrons. The number of benzene rings is 1. The lowest BCUT2D eigenvalue weighted by Crippen LogP contribution is -2.47. The summed E-state index contributed by atoms with van der Waals surface area (Å²) in [4.78, 5) is 47.7. The Morgan fingerprint density at radius 3 is 2.43 bits per heavy atom. The van der Waals surface area contributed by atoms with E-state index in [1.54, 1.807) is 12.1 Å². The minimum absolute atomic E-state index is 0.108. The zero-order chi connectivity index (χ0) is 20.4. The molecule has 0 atom stereocenters. The number of carbonyl (C=O) groups excluding carboxylic acids is 4. The van der Waals surface area contributed by atoms with Gasteiger partial charge in [0.05, 0.1) is 0 Å². The van der Waals surface area contributed by atoms with Crippen molar-refractivity contribution in [2.45, 2.75) is 39.0 Å². The highest BCUT2D eigenvalue weighted by Gasteiger charge is 2.29. The van der Waals surface area contributed by atoms with Gasteiger partial charge in [-0.2, -0.15) is 0 Å². The Bertz CT molecular complexity index is 702. The number of carbonyl (C=O) groups is 4. The van der Waals surface area contributed by atoms with Crippen molar-refractivity contribution < 1.29 is 23.9 Å². The van der Waals surface area contributed by atoms with Gasteiger partial charge >= 0.3 is 0 Å². The Morgan fingerprint density at radius 1 is 1.11 bits per heavy atom. The predicted molar refractivity (Wildman–Crippen MR) is 103 cm³/mol. The number of unbranched alkanes of at least 4 members (excludes halogenated alkanes) is 1. The number of hydrogen-bond acceptors (Lipinski definition) is 5. The van der Waals surface area contributed by atoms with Crippen LogP contribution < -0.4 is 10.6 Å². The van der Waals surface area contributed by atoms with Crippen LogP contribution in [0.4, 0.5) is 5.69 Å². The minimum Gasteiger partial charge on any atom is -0.362 e. The second-order valence-electron chi connectivity index (χ2n) is 6.63. The fourth-order valence-corrected chi connectivity index (χ4v) is 2.61. The Kier molecular flexibility index (Phi) is 8.61. The van der Waals surface area contributed by atoms with Crippen LogP contribution in [0.15, 0.2) is 24.3 Å². The summed E-state index contributed by atoms with van der Waals surface area (Å²) in [5.41, 5.74) is 1.55. The van der Waals surface area contributed by atoms with E-state index < -0.39 is 0 Å². The molecule has 1 heterocycles. The number of ether oxygens (including phenoxy) is 1. The van der Waals surface area contributed by atoms with Crippen molar-refractivity contribution >= 4 is 29.3 Å². The van der Waals surface area contributed by atoms with E-state index in [-0.39, 0.29) is 43.3 Å². The van der Waals surface area contributed by atoms with E-state index in [0.29, 0.717) is 31.6 Å². The van der Waals surface area contributed by atoms with Crippen molar-refractivity contribution in [3.8, 4) is 0 Å². The van der Waals surface area contributed by atoms with Crippen LogP contribution in [0.3, 0.4) is 0 Å². The highest BCUT2D eigenvalue weighted by Crippen LogP contribution is 2.14. The summed E-state index contributed by atoms with van der Waals surface area (Å²) in [7, 11) is 0. The molecule has 0 unspecified atom stereocenters. The summed E-state index contributed by atoms with van der Waals surface area (Å²) in [6.07, 6.45) is 3.18. The van der Waals surface area contributed by atoms with Crippen molar-refractivity contribution in [1.82, 2.24) is 10.2 Å². The SMILES string of the molecule is CCCCNC(=O)COCC(=O)Nc1ccc(CCC(=O)N2CCC2=O)cc1. The van der Waals surface area contributed by atoms with Gasteiger partial charge in [-0.25, -0.2) is 0 Å². The molecule has 8 heteroatoms. The topological polar surface area (TPSA) is 105 Å². The van der Waals surface area contributed by atoms with E-state index in [9.17, 15) is 19.2 Å². The summed E-state index contributed by atoms with van der Waals surface area (Å²) in [5, 5.41) is 5.40. The van der Waals surface area contributed by atoms with E-state index in [0.717, 1.165) is 18.4 Å². The maximum absolute atomic E-state index is 11.8. The van der Waals surface area contributed by atoms with Crippen molar-refractivity contribution in [2.75, 3.05) is 31.6 Å². The first kappa shape index (κ1) is 21.6. The average Bonchev–Trinajstić information content (AvgIpc) is 2.66. The third kappa shape index (κ3) is 7.11. The van der Waals surface area contributed by atoms with Gasteiger partial charge < -0.3 is 15.4 Å². The maximum atomic E-state index is 11.8. The first-order valence-corrected chi connectivity index (χ1v) is 9.56. The normalized spacial score (nSPS) is 13.0. The first-order valence-electron chi connectivity index (χ1n) is 9.56. The Balaban J connectivity index is 1.64. The monoisotopic (exact) mass is 389 g/mol. The van der Waals surface area contributed by atoms with Crippen molar-refractivity contribution in [1.29, 1.82) is 0 Å². The molecule has 0 spiro atoms. The van der Waals surface area contributed by atoms with E-state index >= 15 is 0 Å². The zero-order valence-corrected chi connectivity index (χ0v) is 16.2. The van der Waals surface area contributed by atoms with Crippen molar-refractivity contribution in [3.63, 3.8) is 0 Å². The highest BCUT2D eigenvalue weighted by molar-refractivity contribution is 5.99. The molecule has 1 aliphatic heterocycles. The fraction of sp³-hybridized carbons (Fsp3) is 0.500. The number of amides is 4. The Morgan fingerprint density at radius 2 is 1.82 bits per heavy atom. The maximum Gasteiger partial charge on any atom is 0.250 e. The lowest BCUT2D eigenvalue weighted by molar-refractivity contribution is -0.152. The van der Waals surface area contributed by atoms with Crippen molar-refractivity contribution in [2.24, 2.45) is 0 Å². The number of aryl methyl sites for hydroxylation is 1. The summed E-state index contributed by atoms with van der Waals surface area (Å²) in [5.74, 6) is -0.839. The fourth-order valence-electron chi connectivity index (χ4n) is 2.61. The molecule has 1 saturated heterocycles. The Labute approximate surface area is 164 Å². The number of nitrogens with one attached hydrogen (secondary N) is 2. The van der Waals surface area contributed by atoms with Gasteiger partial charge in [-0.15, -0.1) is 0 Å². The number of nitrogens with zero attached hydrogens (tertiary/aromatic N) is 1. The van der Waals surface area contributed by atoms with E-state index in [1.807, 2.05) is 19.1 Å². The first-order chi connectivity index (χ1) is 13.5. The predicted octanol–water partition coefficient (Wildman–Crippen LogP) is 1.25. The molecular formula is C20H27N3O5. The molecule has 28 heavy (non-hydrogen) atoms. The van der Waals surface area contributed by atoms with Crippen LogP contribution in [-0.2, 0) is 30.3 Å². The van der Waals surface area contributed by atoms with Crippen molar-refractivity contribution in [3.05, 3.63) is 29.8 Å². The molecule has 0 bridgehead atoms. The molecule has 1 aromatic rings. The van der Waals surface area contributed by atoms with Gasteiger partial charge in [-0.1, -0.05) is 25.5 Å². The van der Waals surface area contributed by atoms with Crippen LogP contribution in [0, 0.1) is 0 Å². The summed E-state index contributed by atoms with van der Waals surface area (Å²) < 4.78 is 5.10. The molecule has 1 fully saturated rings. The molecule has 2 rings (SSSR count). The largest absolute Gasteiger partial charge is 0.362 e. The van der Waals surface area contributed by atoms with Crippen LogP contribution in [0.5, 0.6) is 0 Å². The summed E-state index contributed by atoms with van der Waals surface area (Å²) in [6, 6.07) is 7.12.